The minimum Gasteiger partial charge on any atom is -0.393 e. The van der Waals surface area contributed by atoms with Crippen molar-refractivity contribution in [2.24, 2.45) is 0 Å². The Morgan fingerprint density at radius 3 is 1.41 bits per heavy atom. The first-order valence-electron chi connectivity index (χ1n) is 7.99. The molecule has 0 heterocycles. The van der Waals surface area contributed by atoms with Crippen molar-refractivity contribution >= 4 is 0 Å². The van der Waals surface area contributed by atoms with E-state index in [9.17, 15) is 5.11 Å². The van der Waals surface area contributed by atoms with Crippen molar-refractivity contribution in [1.29, 1.82) is 0 Å². The molecular formula is C16H34O. The van der Waals surface area contributed by atoms with Gasteiger partial charge in [0.2, 0.25) is 0 Å². The van der Waals surface area contributed by atoms with Crippen molar-refractivity contribution in [3.8, 4) is 0 Å². The molecule has 0 rings (SSSR count). The number of aliphatic hydroxyl groups is 1. The molecule has 1 N–H and O–H groups in total. The third-order valence-corrected chi connectivity index (χ3v) is 3.53. The van der Waals surface area contributed by atoms with Crippen LogP contribution in [-0.2, 0) is 0 Å². The Bertz CT molecular complexity index is 133. The second-order valence-electron chi connectivity index (χ2n) is 5.41. The maximum atomic E-state index is 9.79. The number of hydrogen-bond acceptors (Lipinski definition) is 1. The van der Waals surface area contributed by atoms with Gasteiger partial charge in [-0.15, -0.1) is 0 Å². The zero-order chi connectivity index (χ0) is 12.8. The predicted molar refractivity (Wildman–Crippen MR) is 77.4 cm³/mol. The first kappa shape index (κ1) is 17.0. The SMILES string of the molecule is CCCCCCCCC[C@@H](O)CCCCCC. The summed E-state index contributed by atoms with van der Waals surface area (Å²) in [5.41, 5.74) is 0. The highest BCUT2D eigenvalue weighted by molar-refractivity contribution is 4.57. The highest BCUT2D eigenvalue weighted by Gasteiger charge is 2.03. The fourth-order valence-electron chi connectivity index (χ4n) is 2.29. The van der Waals surface area contributed by atoms with E-state index in [2.05, 4.69) is 13.8 Å². The van der Waals surface area contributed by atoms with Gasteiger partial charge in [-0.3, -0.25) is 0 Å². The molecule has 0 unspecified atom stereocenters. The lowest BCUT2D eigenvalue weighted by molar-refractivity contribution is 0.147. The Morgan fingerprint density at radius 2 is 0.941 bits per heavy atom. The molecule has 0 aliphatic carbocycles. The van der Waals surface area contributed by atoms with Crippen LogP contribution in [-0.4, -0.2) is 11.2 Å². The fraction of sp³-hybridized carbons (Fsp3) is 1.00. The Balaban J connectivity index is 3.08. The van der Waals surface area contributed by atoms with Crippen molar-refractivity contribution in [2.75, 3.05) is 0 Å². The molecule has 0 fully saturated rings. The summed E-state index contributed by atoms with van der Waals surface area (Å²) in [6.45, 7) is 4.49. The van der Waals surface area contributed by atoms with Gasteiger partial charge >= 0.3 is 0 Å². The largest absolute Gasteiger partial charge is 0.393 e. The van der Waals surface area contributed by atoms with E-state index in [4.69, 9.17) is 0 Å². The molecule has 1 heteroatoms. The zero-order valence-corrected chi connectivity index (χ0v) is 12.2. The van der Waals surface area contributed by atoms with Gasteiger partial charge in [0, 0.05) is 0 Å². The van der Waals surface area contributed by atoms with Crippen LogP contribution in [0.3, 0.4) is 0 Å². The molecule has 0 aliphatic rings. The number of unbranched alkanes of at least 4 members (excludes halogenated alkanes) is 9. The Morgan fingerprint density at radius 1 is 0.588 bits per heavy atom. The van der Waals surface area contributed by atoms with Crippen molar-refractivity contribution in [3.63, 3.8) is 0 Å². The van der Waals surface area contributed by atoms with E-state index in [0.29, 0.717) is 0 Å². The topological polar surface area (TPSA) is 20.2 Å². The summed E-state index contributed by atoms with van der Waals surface area (Å²) in [5.74, 6) is 0. The summed E-state index contributed by atoms with van der Waals surface area (Å²) in [5, 5.41) is 9.79. The van der Waals surface area contributed by atoms with Crippen molar-refractivity contribution < 1.29 is 5.11 Å². The standard InChI is InChI=1S/C16H34O/c1-3-5-7-9-10-11-13-15-16(17)14-12-8-6-4-2/h16-17H,3-15H2,1-2H3/t16-/m0/s1. The van der Waals surface area contributed by atoms with Crippen molar-refractivity contribution in [2.45, 2.75) is 103 Å². The van der Waals surface area contributed by atoms with E-state index in [0.717, 1.165) is 12.8 Å². The van der Waals surface area contributed by atoms with Crippen molar-refractivity contribution in [3.05, 3.63) is 0 Å². The Kier molecular flexibility index (Phi) is 14.0. The fourth-order valence-corrected chi connectivity index (χ4v) is 2.29. The van der Waals surface area contributed by atoms with Crippen LogP contribution >= 0.6 is 0 Å². The molecule has 0 saturated carbocycles. The maximum Gasteiger partial charge on any atom is 0.0540 e. The second-order valence-corrected chi connectivity index (χ2v) is 5.41. The normalized spacial score (nSPS) is 12.9. The summed E-state index contributed by atoms with van der Waals surface area (Å²) >= 11 is 0. The zero-order valence-electron chi connectivity index (χ0n) is 12.2. The lowest BCUT2D eigenvalue weighted by atomic mass is 10.0. The molecule has 0 bridgehead atoms. The van der Waals surface area contributed by atoms with Crippen LogP contribution in [0.2, 0.25) is 0 Å². The van der Waals surface area contributed by atoms with E-state index in [-0.39, 0.29) is 6.10 Å². The monoisotopic (exact) mass is 242 g/mol. The molecule has 0 aliphatic heterocycles. The van der Waals surface area contributed by atoms with E-state index in [1.807, 2.05) is 0 Å². The van der Waals surface area contributed by atoms with E-state index < -0.39 is 0 Å². The maximum absolute atomic E-state index is 9.79. The van der Waals surface area contributed by atoms with Crippen molar-refractivity contribution in [1.82, 2.24) is 0 Å². The minimum atomic E-state index is -0.0255. The summed E-state index contributed by atoms with van der Waals surface area (Å²) < 4.78 is 0. The summed E-state index contributed by atoms with van der Waals surface area (Å²) in [6, 6.07) is 0. The summed E-state index contributed by atoms with van der Waals surface area (Å²) in [4.78, 5) is 0. The lowest BCUT2D eigenvalue weighted by Gasteiger charge is -2.09. The van der Waals surface area contributed by atoms with Gasteiger partial charge in [-0.1, -0.05) is 84.5 Å². The second kappa shape index (κ2) is 14.0. The van der Waals surface area contributed by atoms with E-state index >= 15 is 0 Å². The molecule has 0 spiro atoms. The minimum absolute atomic E-state index is 0.0255. The molecule has 1 nitrogen and oxygen atoms in total. The quantitative estimate of drug-likeness (QED) is 0.425. The van der Waals surface area contributed by atoms with Gasteiger partial charge in [-0.25, -0.2) is 0 Å². The van der Waals surface area contributed by atoms with Crippen LogP contribution in [0.15, 0.2) is 0 Å². The molecular weight excluding hydrogens is 208 g/mol. The van der Waals surface area contributed by atoms with Gasteiger partial charge in [-0.2, -0.15) is 0 Å². The third-order valence-electron chi connectivity index (χ3n) is 3.53. The molecule has 0 aromatic carbocycles. The van der Waals surface area contributed by atoms with Gasteiger partial charge in [0.05, 0.1) is 6.10 Å². The molecule has 0 radical (unpaired) electrons. The Hall–Kier alpha value is -0.0400. The van der Waals surface area contributed by atoms with Crippen LogP contribution in [0, 0.1) is 0 Å². The van der Waals surface area contributed by atoms with Crippen LogP contribution in [0.25, 0.3) is 0 Å². The molecule has 17 heavy (non-hydrogen) atoms. The molecule has 104 valence electrons. The highest BCUT2D eigenvalue weighted by Crippen LogP contribution is 2.13. The molecule has 1 atom stereocenters. The molecule has 0 aromatic rings. The van der Waals surface area contributed by atoms with Crippen LogP contribution in [0.4, 0.5) is 0 Å². The van der Waals surface area contributed by atoms with E-state index in [1.165, 1.54) is 70.6 Å². The first-order chi connectivity index (χ1) is 8.31. The number of rotatable bonds is 13. The highest BCUT2D eigenvalue weighted by atomic mass is 16.3. The van der Waals surface area contributed by atoms with Gasteiger partial charge in [0.15, 0.2) is 0 Å². The molecule has 0 aromatic heterocycles. The summed E-state index contributed by atoms with van der Waals surface area (Å²) in [7, 11) is 0. The van der Waals surface area contributed by atoms with Gasteiger partial charge in [0.25, 0.3) is 0 Å². The number of hydrogen-bond donors (Lipinski definition) is 1. The van der Waals surface area contributed by atoms with Gasteiger partial charge in [0.1, 0.15) is 0 Å². The molecule has 0 amide bonds. The average molecular weight is 242 g/mol. The Labute approximate surface area is 109 Å². The van der Waals surface area contributed by atoms with Crippen LogP contribution < -0.4 is 0 Å². The van der Waals surface area contributed by atoms with Crippen LogP contribution in [0.5, 0.6) is 0 Å². The van der Waals surface area contributed by atoms with Gasteiger partial charge < -0.3 is 5.11 Å². The lowest BCUT2D eigenvalue weighted by Crippen LogP contribution is -2.05. The smallest absolute Gasteiger partial charge is 0.0540 e. The molecule has 0 saturated heterocycles. The predicted octanol–water partition coefficient (Wildman–Crippen LogP) is 5.46. The number of aliphatic hydroxyl groups excluding tert-OH is 1. The average Bonchev–Trinajstić information content (AvgIpc) is 2.33. The van der Waals surface area contributed by atoms with Crippen LogP contribution in [0.1, 0.15) is 97.3 Å². The van der Waals surface area contributed by atoms with Gasteiger partial charge in [-0.05, 0) is 12.8 Å². The third kappa shape index (κ3) is 13.9. The first-order valence-corrected chi connectivity index (χ1v) is 7.99. The van der Waals surface area contributed by atoms with E-state index in [1.54, 1.807) is 0 Å². The summed E-state index contributed by atoms with van der Waals surface area (Å²) in [6.07, 6.45) is 16.6.